The van der Waals surface area contributed by atoms with Gasteiger partial charge in [0.05, 0.1) is 5.39 Å². The molecule has 0 aliphatic carbocycles. The number of carbonyl (C=O) groups is 2. The smallest absolute Gasteiger partial charge is 0.289 e. The van der Waals surface area contributed by atoms with Crippen molar-refractivity contribution >= 4 is 28.5 Å². The van der Waals surface area contributed by atoms with E-state index >= 15 is 4.39 Å². The predicted molar refractivity (Wildman–Crippen MR) is 160 cm³/mol. The van der Waals surface area contributed by atoms with Crippen LogP contribution >= 0.6 is 0 Å². The van der Waals surface area contributed by atoms with Crippen LogP contribution in [0.2, 0.25) is 0 Å². The van der Waals surface area contributed by atoms with Crippen LogP contribution in [-0.2, 0) is 11.3 Å². The Kier molecular flexibility index (Phi) is 7.97. The van der Waals surface area contributed by atoms with Gasteiger partial charge in [-0.3, -0.25) is 14.3 Å². The highest BCUT2D eigenvalue weighted by molar-refractivity contribution is 6.00. The van der Waals surface area contributed by atoms with Crippen LogP contribution in [0.15, 0.2) is 59.3 Å². The monoisotopic (exact) mass is 572 g/mol. The molecule has 1 N–H and O–H groups in total. The van der Waals surface area contributed by atoms with Gasteiger partial charge in [-0.2, -0.15) is 5.10 Å². The van der Waals surface area contributed by atoms with E-state index in [2.05, 4.69) is 27.4 Å². The summed E-state index contributed by atoms with van der Waals surface area (Å²) in [5, 5.41) is 7.86. The fourth-order valence-corrected chi connectivity index (χ4v) is 6.06. The van der Waals surface area contributed by atoms with Gasteiger partial charge >= 0.3 is 0 Å². The third-order valence-corrected chi connectivity index (χ3v) is 8.37. The Hall–Kier alpha value is -4.18. The van der Waals surface area contributed by atoms with Gasteiger partial charge in [-0.25, -0.2) is 4.39 Å². The van der Waals surface area contributed by atoms with Crippen molar-refractivity contribution in [1.82, 2.24) is 24.9 Å². The van der Waals surface area contributed by atoms with Crippen LogP contribution in [0.25, 0.3) is 22.1 Å². The molecule has 42 heavy (non-hydrogen) atoms. The van der Waals surface area contributed by atoms with Crippen molar-refractivity contribution in [3.8, 4) is 11.1 Å². The van der Waals surface area contributed by atoms with Gasteiger partial charge < -0.3 is 24.4 Å². The van der Waals surface area contributed by atoms with Crippen molar-refractivity contribution in [2.24, 2.45) is 0 Å². The van der Waals surface area contributed by atoms with E-state index in [1.807, 2.05) is 35.4 Å². The number of aromatic nitrogens is 2. The highest BCUT2D eigenvalue weighted by Crippen LogP contribution is 2.40. The molecule has 2 aliphatic heterocycles. The number of piperidine rings is 1. The maximum absolute atomic E-state index is 16.3. The standard InChI is InChI=1S/C32H37FN6O3/c1-36(2)32(41)28-20-27-30(33)25(23-5-3-14-38(21-23)29(40)10-16-39-15-4-11-35-39)19-26(31(27)42-28)22-6-8-24(9-7-22)37-17-12-34-13-18-37/h4,6-9,11,15,19-20,23,34H,3,5,10,12-14,16-18,21H2,1-2H3. The van der Waals surface area contributed by atoms with E-state index in [-0.39, 0.29) is 29.3 Å². The van der Waals surface area contributed by atoms with E-state index in [0.29, 0.717) is 42.6 Å². The Labute approximate surface area is 244 Å². The Morgan fingerprint density at radius 2 is 1.90 bits per heavy atom. The fourth-order valence-electron chi connectivity index (χ4n) is 6.06. The number of furan rings is 1. The first kappa shape index (κ1) is 28.0. The van der Waals surface area contributed by atoms with Gasteiger partial charge in [0.25, 0.3) is 5.91 Å². The molecule has 1 unspecified atom stereocenters. The van der Waals surface area contributed by atoms with Gasteiger partial charge in [0.15, 0.2) is 5.76 Å². The molecule has 0 bridgehead atoms. The molecule has 220 valence electrons. The van der Waals surface area contributed by atoms with Crippen LogP contribution in [0.4, 0.5) is 10.1 Å². The van der Waals surface area contributed by atoms with Crippen LogP contribution in [-0.4, -0.2) is 84.8 Å². The summed E-state index contributed by atoms with van der Waals surface area (Å²) in [6.45, 7) is 5.40. The number of hydrogen-bond donors (Lipinski definition) is 1. The van der Waals surface area contributed by atoms with Crippen molar-refractivity contribution in [2.75, 3.05) is 58.3 Å². The molecule has 0 spiro atoms. The highest BCUT2D eigenvalue weighted by Gasteiger charge is 2.30. The van der Waals surface area contributed by atoms with E-state index in [1.165, 1.54) is 11.0 Å². The van der Waals surface area contributed by atoms with Crippen molar-refractivity contribution in [1.29, 1.82) is 0 Å². The molecule has 0 saturated carbocycles. The maximum atomic E-state index is 16.3. The van der Waals surface area contributed by atoms with Crippen molar-refractivity contribution in [3.05, 3.63) is 72.0 Å². The minimum atomic E-state index is -0.386. The summed E-state index contributed by atoms with van der Waals surface area (Å²) >= 11 is 0. The summed E-state index contributed by atoms with van der Waals surface area (Å²) in [5.41, 5.74) is 3.69. The Bertz CT molecular complexity index is 1560. The molecule has 2 aromatic carbocycles. The fraction of sp³-hybridized carbons (Fsp3) is 0.406. The summed E-state index contributed by atoms with van der Waals surface area (Å²) in [7, 11) is 3.29. The molecule has 2 aliphatic rings. The van der Waals surface area contributed by atoms with Gasteiger partial charge in [-0.05, 0) is 48.2 Å². The summed E-state index contributed by atoms with van der Waals surface area (Å²) in [5.74, 6) is -0.729. The lowest BCUT2D eigenvalue weighted by Gasteiger charge is -2.33. The van der Waals surface area contributed by atoms with Gasteiger partial charge in [-0.1, -0.05) is 12.1 Å². The van der Waals surface area contributed by atoms with E-state index in [1.54, 1.807) is 25.0 Å². The molecule has 10 heteroatoms. The molecule has 1 atom stereocenters. The molecule has 9 nitrogen and oxygen atoms in total. The Morgan fingerprint density at radius 3 is 2.62 bits per heavy atom. The zero-order valence-corrected chi connectivity index (χ0v) is 24.2. The number of piperazine rings is 1. The summed E-state index contributed by atoms with van der Waals surface area (Å²) < 4.78 is 24.1. The predicted octanol–water partition coefficient (Wildman–Crippen LogP) is 4.34. The molecule has 4 heterocycles. The SMILES string of the molecule is CN(C)C(=O)c1cc2c(F)c(C3CCCN(C(=O)CCn4cccn4)C3)cc(-c3ccc(N4CCNCC4)cc3)c2o1. The Morgan fingerprint density at radius 1 is 1.12 bits per heavy atom. The van der Waals surface area contributed by atoms with Gasteiger partial charge in [-0.15, -0.1) is 0 Å². The van der Waals surface area contributed by atoms with Crippen LogP contribution in [0.3, 0.4) is 0 Å². The molecule has 2 saturated heterocycles. The number of carbonyl (C=O) groups excluding carboxylic acids is 2. The van der Waals surface area contributed by atoms with E-state index in [0.717, 1.165) is 55.8 Å². The second-order valence-corrected chi connectivity index (χ2v) is 11.4. The number of halogens is 1. The first-order valence-corrected chi connectivity index (χ1v) is 14.7. The molecule has 2 aromatic heterocycles. The van der Waals surface area contributed by atoms with Crippen LogP contribution < -0.4 is 10.2 Å². The average Bonchev–Trinajstić information content (AvgIpc) is 3.71. The minimum Gasteiger partial charge on any atom is -0.450 e. The van der Waals surface area contributed by atoms with E-state index in [9.17, 15) is 9.59 Å². The molecule has 2 fully saturated rings. The van der Waals surface area contributed by atoms with Crippen molar-refractivity contribution in [3.63, 3.8) is 0 Å². The zero-order chi connectivity index (χ0) is 29.2. The molecule has 4 aromatic rings. The van der Waals surface area contributed by atoms with E-state index < -0.39 is 0 Å². The number of amides is 2. The number of anilines is 1. The van der Waals surface area contributed by atoms with Crippen molar-refractivity contribution in [2.45, 2.75) is 31.7 Å². The minimum absolute atomic E-state index is 0.0441. The summed E-state index contributed by atoms with van der Waals surface area (Å²) in [6.07, 6.45) is 5.45. The number of rotatable bonds is 7. The lowest BCUT2D eigenvalue weighted by atomic mass is 9.87. The van der Waals surface area contributed by atoms with E-state index in [4.69, 9.17) is 4.42 Å². The second kappa shape index (κ2) is 12.0. The number of fused-ring (bicyclic) bond motifs is 1. The Balaban J connectivity index is 1.34. The molecular weight excluding hydrogens is 535 g/mol. The largest absolute Gasteiger partial charge is 0.450 e. The van der Waals surface area contributed by atoms with Gasteiger partial charge in [0.2, 0.25) is 5.91 Å². The second-order valence-electron chi connectivity index (χ2n) is 11.4. The highest BCUT2D eigenvalue weighted by atomic mass is 19.1. The van der Waals surface area contributed by atoms with Crippen LogP contribution in [0.5, 0.6) is 0 Å². The van der Waals surface area contributed by atoms with Gasteiger partial charge in [0, 0.05) is 102 Å². The lowest BCUT2D eigenvalue weighted by Crippen LogP contribution is -2.43. The third kappa shape index (κ3) is 5.63. The molecule has 2 amide bonds. The molecule has 6 rings (SSSR count). The number of aryl methyl sites for hydroxylation is 1. The topological polar surface area (TPSA) is 86.9 Å². The summed E-state index contributed by atoms with van der Waals surface area (Å²) in [6, 6.07) is 13.5. The number of nitrogens with zero attached hydrogens (tertiary/aromatic N) is 5. The molecular formula is C32H37FN6O3. The number of likely N-dealkylation sites (tertiary alicyclic amines) is 1. The maximum Gasteiger partial charge on any atom is 0.289 e. The number of hydrogen-bond acceptors (Lipinski definition) is 6. The normalized spacial score (nSPS) is 17.5. The molecule has 0 radical (unpaired) electrons. The third-order valence-electron chi connectivity index (χ3n) is 8.37. The van der Waals surface area contributed by atoms with Gasteiger partial charge in [0.1, 0.15) is 11.4 Å². The first-order valence-electron chi connectivity index (χ1n) is 14.7. The number of nitrogens with one attached hydrogen (secondary N) is 1. The summed E-state index contributed by atoms with van der Waals surface area (Å²) in [4.78, 5) is 31.5. The zero-order valence-electron chi connectivity index (χ0n) is 24.2. The lowest BCUT2D eigenvalue weighted by molar-refractivity contribution is -0.132. The van der Waals surface area contributed by atoms with Crippen molar-refractivity contribution < 1.29 is 18.4 Å². The van der Waals surface area contributed by atoms with Crippen LogP contribution in [0.1, 0.15) is 41.3 Å². The number of benzene rings is 2. The van der Waals surface area contributed by atoms with Crippen LogP contribution in [0, 0.1) is 5.82 Å². The average molecular weight is 573 g/mol. The quantitative estimate of drug-likeness (QED) is 0.355. The first-order chi connectivity index (χ1) is 20.4.